The number of hydrogen-bond acceptors (Lipinski definition) is 6. The van der Waals surface area contributed by atoms with Crippen LogP contribution in [0.25, 0.3) is 11.1 Å². The molecule has 0 spiro atoms. The van der Waals surface area contributed by atoms with Crippen LogP contribution in [0.3, 0.4) is 0 Å². The van der Waals surface area contributed by atoms with Crippen LogP contribution in [-0.2, 0) is 0 Å². The van der Waals surface area contributed by atoms with Gasteiger partial charge in [0.25, 0.3) is 11.8 Å². The molecular weight excluding hydrogens is 440 g/mol. The summed E-state index contributed by atoms with van der Waals surface area (Å²) in [6.45, 7) is 0. The number of anilines is 3. The van der Waals surface area contributed by atoms with Crippen molar-refractivity contribution in [1.29, 1.82) is 0 Å². The van der Waals surface area contributed by atoms with E-state index in [-0.39, 0.29) is 11.8 Å². The Labute approximate surface area is 194 Å². The Morgan fingerprint density at radius 3 is 2.25 bits per heavy atom. The van der Waals surface area contributed by atoms with Crippen molar-refractivity contribution in [2.24, 2.45) is 0 Å². The molecule has 4 rings (SSSR count). The van der Waals surface area contributed by atoms with Crippen molar-refractivity contribution in [1.82, 2.24) is 4.98 Å². The highest BCUT2D eigenvalue weighted by Gasteiger charge is 2.14. The Morgan fingerprint density at radius 1 is 0.812 bits per heavy atom. The highest BCUT2D eigenvalue weighted by atomic mass is 32.2. The van der Waals surface area contributed by atoms with Crippen molar-refractivity contribution >= 4 is 52.2 Å². The minimum atomic E-state index is -0.261. The van der Waals surface area contributed by atoms with Crippen molar-refractivity contribution in [3.05, 3.63) is 94.9 Å². The maximum Gasteiger partial charge on any atom is 0.265 e. The second-order valence-corrected chi connectivity index (χ2v) is 8.33. The third-order valence-corrected chi connectivity index (χ3v) is 5.95. The number of aromatic nitrogens is 1. The second-order valence-electron chi connectivity index (χ2n) is 6.81. The lowest BCUT2D eigenvalue weighted by molar-refractivity contribution is 0.102. The molecule has 4 aromatic rings. The maximum atomic E-state index is 12.6. The van der Waals surface area contributed by atoms with Crippen LogP contribution in [-0.4, -0.2) is 23.1 Å². The van der Waals surface area contributed by atoms with Gasteiger partial charge in [0.2, 0.25) is 0 Å². The van der Waals surface area contributed by atoms with Gasteiger partial charge in [0.15, 0.2) is 0 Å². The fourth-order valence-electron chi connectivity index (χ4n) is 3.04. The molecule has 8 heteroatoms. The molecule has 3 N–H and O–H groups in total. The van der Waals surface area contributed by atoms with E-state index in [9.17, 15) is 9.59 Å². The summed E-state index contributed by atoms with van der Waals surface area (Å²) >= 11 is 2.71. The molecule has 0 aliphatic heterocycles. The highest BCUT2D eigenvalue weighted by Crippen LogP contribution is 2.23. The number of thiophene rings is 1. The molecule has 0 bridgehead atoms. The molecule has 0 saturated carbocycles. The van der Waals surface area contributed by atoms with Gasteiger partial charge in [0.05, 0.1) is 10.4 Å². The zero-order valence-corrected chi connectivity index (χ0v) is 18.8. The van der Waals surface area contributed by atoms with E-state index in [4.69, 9.17) is 0 Å². The fraction of sp³-hybridized carbons (Fsp3) is 0.0417. The van der Waals surface area contributed by atoms with Gasteiger partial charge < -0.3 is 15.4 Å². The van der Waals surface area contributed by atoms with E-state index in [2.05, 4.69) is 20.3 Å². The van der Waals surface area contributed by atoms with E-state index in [0.29, 0.717) is 21.8 Å². The Kier molecular flexibility index (Phi) is 6.84. The molecule has 2 heterocycles. The first-order valence-corrected chi connectivity index (χ1v) is 11.8. The van der Waals surface area contributed by atoms with E-state index in [1.807, 2.05) is 66.9 Å². The summed E-state index contributed by atoms with van der Waals surface area (Å²) < 4.78 is 3.13. The molecule has 0 aliphatic carbocycles. The number of hydrogen-bond donors (Lipinski definition) is 3. The average molecular weight is 461 g/mol. The first-order valence-electron chi connectivity index (χ1n) is 9.73. The largest absolute Gasteiger partial charge is 0.330 e. The molecule has 0 unspecified atom stereocenters. The first-order chi connectivity index (χ1) is 15.6. The number of nitrogens with zero attached hydrogens (tertiary/aromatic N) is 1. The van der Waals surface area contributed by atoms with E-state index in [1.54, 1.807) is 23.8 Å². The van der Waals surface area contributed by atoms with Gasteiger partial charge in [-0.3, -0.25) is 14.6 Å². The van der Waals surface area contributed by atoms with Crippen LogP contribution in [0.2, 0.25) is 0 Å². The number of pyridine rings is 1. The lowest BCUT2D eigenvalue weighted by atomic mass is 10.1. The summed E-state index contributed by atoms with van der Waals surface area (Å²) in [6, 6.07) is 20.5. The van der Waals surface area contributed by atoms with Crippen molar-refractivity contribution in [3.63, 3.8) is 0 Å². The molecule has 160 valence electrons. The van der Waals surface area contributed by atoms with Gasteiger partial charge in [-0.25, -0.2) is 0 Å². The number of benzene rings is 2. The van der Waals surface area contributed by atoms with Crippen LogP contribution >= 0.6 is 23.3 Å². The van der Waals surface area contributed by atoms with Crippen LogP contribution in [0, 0.1) is 0 Å². The molecule has 6 nitrogen and oxygen atoms in total. The van der Waals surface area contributed by atoms with Gasteiger partial charge in [-0.15, -0.1) is 11.3 Å². The zero-order chi connectivity index (χ0) is 22.3. The maximum absolute atomic E-state index is 12.6. The number of carbonyl (C=O) groups is 2. The van der Waals surface area contributed by atoms with Gasteiger partial charge >= 0.3 is 0 Å². The van der Waals surface area contributed by atoms with Crippen LogP contribution in [0.4, 0.5) is 17.1 Å². The van der Waals surface area contributed by atoms with Crippen molar-refractivity contribution in [2.45, 2.75) is 0 Å². The number of carbonyl (C=O) groups excluding carboxylic acids is 2. The Hall–Kier alpha value is -3.62. The number of rotatable bonds is 7. The average Bonchev–Trinajstić information content (AvgIpc) is 3.32. The van der Waals surface area contributed by atoms with Crippen LogP contribution in [0.1, 0.15) is 20.0 Å². The van der Waals surface area contributed by atoms with Crippen LogP contribution < -0.4 is 15.4 Å². The second kappa shape index (κ2) is 10.1. The molecule has 2 amide bonds. The minimum Gasteiger partial charge on any atom is -0.330 e. The van der Waals surface area contributed by atoms with Crippen molar-refractivity contribution in [3.8, 4) is 11.1 Å². The van der Waals surface area contributed by atoms with Crippen molar-refractivity contribution < 1.29 is 9.59 Å². The van der Waals surface area contributed by atoms with Crippen LogP contribution in [0.15, 0.2) is 84.5 Å². The summed E-state index contributed by atoms with van der Waals surface area (Å²) in [4.78, 5) is 29.7. The molecule has 0 fully saturated rings. The summed E-state index contributed by atoms with van der Waals surface area (Å²) in [5.41, 5.74) is 4.80. The third-order valence-electron chi connectivity index (χ3n) is 4.58. The standard InChI is InChI=1S/C24H20N4O2S2/c1-31-28-21-4-2-3-20(14-21)27-24(30)22-13-18(15-32-22)23(29)26-19-7-5-16(6-8-19)17-9-11-25-12-10-17/h2-15,28H,1H3,(H,26,29)(H,27,30). The molecule has 2 aromatic carbocycles. The zero-order valence-electron chi connectivity index (χ0n) is 17.2. The van der Waals surface area contributed by atoms with Gasteiger partial charge in [0.1, 0.15) is 0 Å². The molecule has 0 saturated heterocycles. The number of nitrogens with one attached hydrogen (secondary N) is 3. The van der Waals surface area contributed by atoms with Crippen molar-refractivity contribution in [2.75, 3.05) is 21.6 Å². The lowest BCUT2D eigenvalue weighted by Crippen LogP contribution is -2.12. The summed E-state index contributed by atoms with van der Waals surface area (Å²) in [6.07, 6.45) is 5.42. The Balaban J connectivity index is 1.39. The Bertz CT molecular complexity index is 1220. The van der Waals surface area contributed by atoms with Gasteiger partial charge in [-0.1, -0.05) is 30.1 Å². The van der Waals surface area contributed by atoms with Gasteiger partial charge in [-0.05, 0) is 59.7 Å². The smallest absolute Gasteiger partial charge is 0.265 e. The molecule has 0 atom stereocenters. The van der Waals surface area contributed by atoms with E-state index in [1.165, 1.54) is 23.3 Å². The third kappa shape index (κ3) is 5.35. The summed E-state index contributed by atoms with van der Waals surface area (Å²) in [7, 11) is 0. The molecule has 2 aromatic heterocycles. The van der Waals surface area contributed by atoms with E-state index in [0.717, 1.165) is 16.8 Å². The van der Waals surface area contributed by atoms with Gasteiger partial charge in [0, 0.05) is 41.1 Å². The van der Waals surface area contributed by atoms with E-state index < -0.39 is 0 Å². The predicted molar refractivity (Wildman–Crippen MR) is 133 cm³/mol. The molecule has 32 heavy (non-hydrogen) atoms. The summed E-state index contributed by atoms with van der Waals surface area (Å²) in [5.74, 6) is -0.514. The molecule has 0 aliphatic rings. The lowest BCUT2D eigenvalue weighted by Gasteiger charge is -2.07. The Morgan fingerprint density at radius 2 is 1.50 bits per heavy atom. The van der Waals surface area contributed by atoms with E-state index >= 15 is 0 Å². The quantitative estimate of drug-likeness (QED) is 0.294. The SMILES string of the molecule is CSNc1cccc(NC(=O)c2cc(C(=O)Nc3ccc(-c4ccncc4)cc3)cs2)c1. The first kappa shape index (κ1) is 21.6. The normalized spacial score (nSPS) is 10.4. The molecular formula is C24H20N4O2S2. The van der Waals surface area contributed by atoms with Gasteiger partial charge in [-0.2, -0.15) is 0 Å². The molecule has 0 radical (unpaired) electrons. The minimum absolute atomic E-state index is 0.253. The fourth-order valence-corrected chi connectivity index (χ4v) is 4.18. The van der Waals surface area contributed by atoms with Crippen LogP contribution in [0.5, 0.6) is 0 Å². The predicted octanol–water partition coefficient (Wildman–Crippen LogP) is 6.00. The monoisotopic (exact) mass is 460 g/mol. The topological polar surface area (TPSA) is 83.1 Å². The highest BCUT2D eigenvalue weighted by molar-refractivity contribution is 7.99. The summed E-state index contributed by atoms with van der Waals surface area (Å²) in [5, 5.41) is 7.42. The number of amides is 2.